The summed E-state index contributed by atoms with van der Waals surface area (Å²) in [5, 5.41) is 11.6. The van der Waals surface area contributed by atoms with Crippen molar-refractivity contribution in [1.29, 1.82) is 0 Å². The molecule has 0 spiro atoms. The molecule has 0 unspecified atom stereocenters. The van der Waals surface area contributed by atoms with Crippen LogP contribution >= 0.6 is 0 Å². The Bertz CT molecular complexity index is 2220. The number of rotatable bonds is 12. The molecular formula is C48H48. The lowest BCUT2D eigenvalue weighted by molar-refractivity contribution is 0.721. The fourth-order valence-electron chi connectivity index (χ4n) is 9.84. The van der Waals surface area contributed by atoms with Crippen LogP contribution in [0.1, 0.15) is 101 Å². The Morgan fingerprint density at radius 1 is 0.312 bits per heavy atom. The third-order valence-electron chi connectivity index (χ3n) is 12.0. The highest BCUT2D eigenvalue weighted by molar-refractivity contribution is 6.40. The van der Waals surface area contributed by atoms with Gasteiger partial charge in [-0.2, -0.15) is 0 Å². The summed E-state index contributed by atoms with van der Waals surface area (Å²) < 4.78 is 0. The smallest absolute Gasteiger partial charge is 0.00137 e. The van der Waals surface area contributed by atoms with E-state index >= 15 is 0 Å². The second kappa shape index (κ2) is 11.8. The SMILES string of the molecule is CCCCc1c(CCCC)c(CCCC)c2c(c1CCCC)-c1ccc3c4ccc5c6c(ccc(c7ccc-2c1c37)c64)-c1ccccc1-5. The van der Waals surface area contributed by atoms with Crippen LogP contribution in [0.4, 0.5) is 0 Å². The highest BCUT2D eigenvalue weighted by atomic mass is 14.4. The Kier molecular flexibility index (Phi) is 7.34. The maximum atomic E-state index is 2.54. The number of fused-ring (bicyclic) bond motifs is 8. The van der Waals surface area contributed by atoms with Crippen molar-refractivity contribution in [3.63, 3.8) is 0 Å². The zero-order chi connectivity index (χ0) is 32.5. The third kappa shape index (κ3) is 4.08. The molecule has 0 heterocycles. The molecule has 7 aromatic rings. The van der Waals surface area contributed by atoms with Crippen molar-refractivity contribution < 1.29 is 0 Å². The first kappa shape index (κ1) is 29.9. The standard InChI is InChI=1S/C48H48/c1-5-9-15-29-30(16-10-6-2)34(18-12-8-4)47-42-28-26-40-38-24-22-36-32-20-14-13-19-31(32)35-21-23-37(44(38)43(35)36)39-25-27-41(48(42)45(39)40)46(47)33(29)17-11-7-3/h13-14,19-28H,5-12,15-18H2,1-4H3. The maximum absolute atomic E-state index is 2.54. The van der Waals surface area contributed by atoms with Crippen LogP contribution in [-0.2, 0) is 25.7 Å². The minimum atomic E-state index is 1.20. The van der Waals surface area contributed by atoms with E-state index in [1.54, 1.807) is 33.4 Å². The molecule has 0 N–H and O–H groups in total. The molecule has 0 amide bonds. The van der Waals surface area contributed by atoms with Gasteiger partial charge in [-0.25, -0.2) is 0 Å². The molecule has 0 nitrogen and oxygen atoms in total. The zero-order valence-electron chi connectivity index (χ0n) is 29.4. The van der Waals surface area contributed by atoms with Crippen LogP contribution in [0, 0.1) is 0 Å². The Morgan fingerprint density at radius 3 is 1.02 bits per heavy atom. The number of hydrogen-bond donors (Lipinski definition) is 0. The Balaban J connectivity index is 1.39. The molecule has 9 rings (SSSR count). The van der Waals surface area contributed by atoms with Gasteiger partial charge in [-0.3, -0.25) is 0 Å². The summed E-state index contributed by atoms with van der Waals surface area (Å²) in [4.78, 5) is 0. The molecule has 0 fully saturated rings. The number of unbranched alkanes of at least 4 members (excludes halogenated alkanes) is 4. The van der Waals surface area contributed by atoms with Gasteiger partial charge in [-0.15, -0.1) is 0 Å². The van der Waals surface area contributed by atoms with Gasteiger partial charge in [0, 0.05) is 0 Å². The van der Waals surface area contributed by atoms with Crippen LogP contribution in [0.3, 0.4) is 0 Å². The van der Waals surface area contributed by atoms with E-state index < -0.39 is 0 Å². The lowest BCUT2D eigenvalue weighted by atomic mass is 9.79. The van der Waals surface area contributed by atoms with Gasteiger partial charge in [0.1, 0.15) is 0 Å². The summed E-state index contributed by atoms with van der Waals surface area (Å²) in [6.45, 7) is 9.46. The molecule has 48 heavy (non-hydrogen) atoms. The second-order valence-electron chi connectivity index (χ2n) is 14.8. The highest BCUT2D eigenvalue weighted by Gasteiger charge is 2.33. The molecule has 0 saturated heterocycles. The summed E-state index contributed by atoms with van der Waals surface area (Å²) in [6.07, 6.45) is 14.9. The fourth-order valence-corrected chi connectivity index (χ4v) is 9.84. The van der Waals surface area contributed by atoms with E-state index in [0.717, 1.165) is 0 Å². The lowest BCUT2D eigenvalue weighted by Crippen LogP contribution is -2.10. The first-order valence-corrected chi connectivity index (χ1v) is 19.2. The summed E-state index contributed by atoms with van der Waals surface area (Å²) in [5.41, 5.74) is 18.6. The van der Waals surface area contributed by atoms with Gasteiger partial charge in [0.2, 0.25) is 0 Å². The third-order valence-corrected chi connectivity index (χ3v) is 12.0. The molecule has 7 aromatic carbocycles. The summed E-state index contributed by atoms with van der Waals surface area (Å²) in [6, 6.07) is 28.8. The molecule has 0 aliphatic heterocycles. The first-order valence-electron chi connectivity index (χ1n) is 19.2. The molecule has 2 aliphatic carbocycles. The molecule has 2 aliphatic rings. The van der Waals surface area contributed by atoms with E-state index in [0.29, 0.717) is 0 Å². The number of benzene rings is 7. The lowest BCUT2D eigenvalue weighted by Gasteiger charge is -2.25. The second-order valence-corrected chi connectivity index (χ2v) is 14.8. The largest absolute Gasteiger partial charge is 0.0654 e. The molecule has 240 valence electrons. The Labute approximate surface area is 286 Å². The topological polar surface area (TPSA) is 0 Å². The summed E-state index contributed by atoms with van der Waals surface area (Å²) >= 11 is 0. The van der Waals surface area contributed by atoms with Gasteiger partial charge in [0.25, 0.3) is 0 Å². The van der Waals surface area contributed by atoms with Crippen molar-refractivity contribution in [2.24, 2.45) is 0 Å². The van der Waals surface area contributed by atoms with E-state index in [-0.39, 0.29) is 0 Å². The predicted molar refractivity (Wildman–Crippen MR) is 211 cm³/mol. The van der Waals surface area contributed by atoms with Gasteiger partial charge in [0.05, 0.1) is 0 Å². The van der Waals surface area contributed by atoms with Crippen molar-refractivity contribution in [2.75, 3.05) is 0 Å². The average molecular weight is 625 g/mol. The fraction of sp³-hybridized carbons (Fsp3) is 0.333. The van der Waals surface area contributed by atoms with Crippen LogP contribution in [-0.4, -0.2) is 0 Å². The Hall–Kier alpha value is -4.16. The first-order chi connectivity index (χ1) is 23.7. The molecular weight excluding hydrogens is 577 g/mol. The summed E-state index contributed by atoms with van der Waals surface area (Å²) in [5.74, 6) is 0. The minimum absolute atomic E-state index is 1.20. The van der Waals surface area contributed by atoms with Crippen molar-refractivity contribution in [2.45, 2.75) is 105 Å². The van der Waals surface area contributed by atoms with Crippen LogP contribution in [0.25, 0.3) is 87.6 Å². The van der Waals surface area contributed by atoms with E-state index in [1.807, 2.05) is 0 Å². The molecule has 0 heteroatoms. The highest BCUT2D eigenvalue weighted by Crippen LogP contribution is 2.58. The summed E-state index contributed by atoms with van der Waals surface area (Å²) in [7, 11) is 0. The van der Waals surface area contributed by atoms with E-state index in [4.69, 9.17) is 0 Å². The average Bonchev–Trinajstić information content (AvgIpc) is 3.64. The van der Waals surface area contributed by atoms with E-state index in [1.165, 1.54) is 154 Å². The van der Waals surface area contributed by atoms with Gasteiger partial charge in [-0.05, 0) is 161 Å². The minimum Gasteiger partial charge on any atom is -0.0654 e. The van der Waals surface area contributed by atoms with Gasteiger partial charge >= 0.3 is 0 Å². The van der Waals surface area contributed by atoms with Crippen LogP contribution < -0.4 is 0 Å². The van der Waals surface area contributed by atoms with Crippen molar-refractivity contribution in [3.8, 4) is 44.5 Å². The van der Waals surface area contributed by atoms with E-state index in [2.05, 4.69) is 100 Å². The van der Waals surface area contributed by atoms with Crippen LogP contribution in [0.15, 0.2) is 72.8 Å². The monoisotopic (exact) mass is 624 g/mol. The van der Waals surface area contributed by atoms with E-state index in [9.17, 15) is 0 Å². The maximum Gasteiger partial charge on any atom is -0.00137 e. The van der Waals surface area contributed by atoms with Crippen LogP contribution in [0.5, 0.6) is 0 Å². The zero-order valence-corrected chi connectivity index (χ0v) is 29.4. The van der Waals surface area contributed by atoms with Crippen molar-refractivity contribution in [1.82, 2.24) is 0 Å². The molecule has 0 atom stereocenters. The van der Waals surface area contributed by atoms with Crippen molar-refractivity contribution in [3.05, 3.63) is 95.1 Å². The quantitative estimate of drug-likeness (QED) is 0.0937. The molecule has 0 radical (unpaired) electrons. The molecule has 0 bridgehead atoms. The Morgan fingerprint density at radius 2 is 0.646 bits per heavy atom. The van der Waals surface area contributed by atoms with Crippen molar-refractivity contribution >= 4 is 43.1 Å². The normalized spacial score (nSPS) is 12.8. The molecule has 0 aromatic heterocycles. The number of hydrogen-bond acceptors (Lipinski definition) is 0. The van der Waals surface area contributed by atoms with Gasteiger partial charge < -0.3 is 0 Å². The van der Waals surface area contributed by atoms with Gasteiger partial charge in [-0.1, -0.05) is 126 Å². The van der Waals surface area contributed by atoms with Gasteiger partial charge in [0.15, 0.2) is 0 Å². The van der Waals surface area contributed by atoms with Crippen LogP contribution in [0.2, 0.25) is 0 Å². The predicted octanol–water partition coefficient (Wildman–Crippen LogP) is 14.4. The molecule has 0 saturated carbocycles.